The van der Waals surface area contributed by atoms with E-state index in [4.69, 9.17) is 5.73 Å². The van der Waals surface area contributed by atoms with Crippen molar-refractivity contribution >= 4 is 23.2 Å². The Morgan fingerprint density at radius 3 is 2.56 bits per heavy atom. The highest BCUT2D eigenvalue weighted by atomic mass is 32.2. The van der Waals surface area contributed by atoms with Gasteiger partial charge in [-0.2, -0.15) is 0 Å². The molecular formula is C14H22N2OS. The SMILES string of the molecule is CCN(CC)CCSc1ccc(N)c(C(C)=O)c1. The zero-order chi connectivity index (χ0) is 13.5. The third kappa shape index (κ3) is 4.35. The Labute approximate surface area is 114 Å². The fourth-order valence-electron chi connectivity index (χ4n) is 1.76. The molecule has 0 fully saturated rings. The monoisotopic (exact) mass is 266 g/mol. The van der Waals surface area contributed by atoms with Gasteiger partial charge in [0, 0.05) is 28.4 Å². The first-order valence-electron chi connectivity index (χ1n) is 6.34. The van der Waals surface area contributed by atoms with Crippen LogP contribution in [0.2, 0.25) is 0 Å². The number of hydrogen-bond acceptors (Lipinski definition) is 4. The maximum Gasteiger partial charge on any atom is 0.161 e. The van der Waals surface area contributed by atoms with Crippen LogP contribution in [0.1, 0.15) is 31.1 Å². The minimum absolute atomic E-state index is 0.0266. The molecule has 4 heteroatoms. The molecule has 1 rings (SSSR count). The van der Waals surface area contributed by atoms with Gasteiger partial charge in [-0.15, -0.1) is 11.8 Å². The molecule has 0 saturated carbocycles. The number of rotatable bonds is 7. The molecule has 2 N–H and O–H groups in total. The molecule has 0 aliphatic rings. The van der Waals surface area contributed by atoms with Crippen LogP contribution in [0, 0.1) is 0 Å². The molecule has 0 unspecified atom stereocenters. The number of thioether (sulfide) groups is 1. The van der Waals surface area contributed by atoms with E-state index in [-0.39, 0.29) is 5.78 Å². The predicted octanol–water partition coefficient (Wildman–Crippen LogP) is 2.91. The fourth-order valence-corrected chi connectivity index (χ4v) is 2.71. The lowest BCUT2D eigenvalue weighted by atomic mass is 10.1. The van der Waals surface area contributed by atoms with Crippen LogP contribution in [-0.4, -0.2) is 36.1 Å². The van der Waals surface area contributed by atoms with Crippen LogP contribution in [0.25, 0.3) is 0 Å². The molecule has 18 heavy (non-hydrogen) atoms. The van der Waals surface area contributed by atoms with Crippen molar-refractivity contribution in [1.29, 1.82) is 0 Å². The van der Waals surface area contributed by atoms with Gasteiger partial charge in [-0.3, -0.25) is 4.79 Å². The van der Waals surface area contributed by atoms with Gasteiger partial charge in [0.25, 0.3) is 0 Å². The Balaban J connectivity index is 2.58. The smallest absolute Gasteiger partial charge is 0.161 e. The molecule has 0 atom stereocenters. The summed E-state index contributed by atoms with van der Waals surface area (Å²) in [5, 5.41) is 0. The molecule has 0 radical (unpaired) electrons. The third-order valence-corrected chi connectivity index (χ3v) is 3.95. The molecule has 100 valence electrons. The maximum absolute atomic E-state index is 11.4. The van der Waals surface area contributed by atoms with Crippen LogP contribution in [-0.2, 0) is 0 Å². The number of ketones is 1. The quantitative estimate of drug-likeness (QED) is 0.468. The van der Waals surface area contributed by atoms with Crippen molar-refractivity contribution in [2.75, 3.05) is 31.1 Å². The molecule has 1 aromatic rings. The summed E-state index contributed by atoms with van der Waals surface area (Å²) in [5.41, 5.74) is 6.96. The van der Waals surface area contributed by atoms with Crippen LogP contribution >= 0.6 is 11.8 Å². The number of nitrogens with two attached hydrogens (primary N) is 1. The van der Waals surface area contributed by atoms with Gasteiger partial charge in [-0.05, 0) is 38.2 Å². The second kappa shape index (κ2) is 7.44. The van der Waals surface area contributed by atoms with Crippen molar-refractivity contribution in [2.24, 2.45) is 0 Å². The van der Waals surface area contributed by atoms with Crippen molar-refractivity contribution in [2.45, 2.75) is 25.7 Å². The van der Waals surface area contributed by atoms with E-state index in [1.807, 2.05) is 18.2 Å². The van der Waals surface area contributed by atoms with Gasteiger partial charge in [0.05, 0.1) is 0 Å². The molecule has 0 spiro atoms. The number of carbonyl (C=O) groups is 1. The fraction of sp³-hybridized carbons (Fsp3) is 0.500. The molecule has 0 heterocycles. The Bertz CT molecular complexity index is 403. The molecule has 0 amide bonds. The molecule has 3 nitrogen and oxygen atoms in total. The highest BCUT2D eigenvalue weighted by Crippen LogP contribution is 2.23. The second-order valence-electron chi connectivity index (χ2n) is 4.18. The second-order valence-corrected chi connectivity index (χ2v) is 5.35. The zero-order valence-corrected chi connectivity index (χ0v) is 12.2. The molecule has 0 aliphatic heterocycles. The highest BCUT2D eigenvalue weighted by molar-refractivity contribution is 7.99. The van der Waals surface area contributed by atoms with E-state index in [0.717, 1.165) is 30.3 Å². The van der Waals surface area contributed by atoms with E-state index in [9.17, 15) is 4.79 Å². The summed E-state index contributed by atoms with van der Waals surface area (Å²) in [4.78, 5) is 14.9. The molecule has 1 aromatic carbocycles. The van der Waals surface area contributed by atoms with E-state index in [2.05, 4.69) is 18.7 Å². The minimum atomic E-state index is 0.0266. The first kappa shape index (κ1) is 15.1. The Morgan fingerprint density at radius 2 is 2.00 bits per heavy atom. The molecule has 0 saturated heterocycles. The van der Waals surface area contributed by atoms with Crippen LogP contribution in [0.15, 0.2) is 23.1 Å². The predicted molar refractivity (Wildman–Crippen MR) is 79.4 cm³/mol. The first-order chi connectivity index (χ1) is 8.58. The Morgan fingerprint density at radius 1 is 1.33 bits per heavy atom. The number of anilines is 1. The average molecular weight is 266 g/mol. The van der Waals surface area contributed by atoms with Crippen LogP contribution < -0.4 is 5.73 Å². The summed E-state index contributed by atoms with van der Waals surface area (Å²) < 4.78 is 0. The molecule has 0 aromatic heterocycles. The normalized spacial score (nSPS) is 10.9. The number of Topliss-reactive ketones (excluding diaryl/α,β-unsaturated/α-hetero) is 1. The largest absolute Gasteiger partial charge is 0.398 e. The maximum atomic E-state index is 11.4. The molecule has 0 aliphatic carbocycles. The number of hydrogen-bond donors (Lipinski definition) is 1. The van der Waals surface area contributed by atoms with Crippen molar-refractivity contribution in [3.8, 4) is 0 Å². The van der Waals surface area contributed by atoms with Crippen molar-refractivity contribution < 1.29 is 4.79 Å². The lowest BCUT2D eigenvalue weighted by Gasteiger charge is -2.17. The average Bonchev–Trinajstić information content (AvgIpc) is 2.36. The zero-order valence-electron chi connectivity index (χ0n) is 11.4. The van der Waals surface area contributed by atoms with E-state index >= 15 is 0 Å². The summed E-state index contributed by atoms with van der Waals surface area (Å²) >= 11 is 1.77. The van der Waals surface area contributed by atoms with Gasteiger partial charge in [0.1, 0.15) is 0 Å². The van der Waals surface area contributed by atoms with E-state index in [0.29, 0.717) is 11.3 Å². The number of nitrogen functional groups attached to an aromatic ring is 1. The van der Waals surface area contributed by atoms with E-state index in [1.165, 1.54) is 0 Å². The Hall–Kier alpha value is -1.00. The third-order valence-electron chi connectivity index (χ3n) is 2.97. The lowest BCUT2D eigenvalue weighted by Crippen LogP contribution is -2.25. The summed E-state index contributed by atoms with van der Waals surface area (Å²) in [7, 11) is 0. The van der Waals surface area contributed by atoms with Crippen molar-refractivity contribution in [3.63, 3.8) is 0 Å². The van der Waals surface area contributed by atoms with Gasteiger partial charge in [0.15, 0.2) is 5.78 Å². The van der Waals surface area contributed by atoms with Crippen molar-refractivity contribution in [3.05, 3.63) is 23.8 Å². The number of benzene rings is 1. The van der Waals surface area contributed by atoms with Crippen molar-refractivity contribution in [1.82, 2.24) is 4.90 Å². The highest BCUT2D eigenvalue weighted by Gasteiger charge is 2.06. The number of carbonyl (C=O) groups excluding carboxylic acids is 1. The molecular weight excluding hydrogens is 244 g/mol. The lowest BCUT2D eigenvalue weighted by molar-refractivity contribution is 0.101. The Kier molecular flexibility index (Phi) is 6.22. The van der Waals surface area contributed by atoms with Gasteiger partial charge in [-0.1, -0.05) is 13.8 Å². The van der Waals surface area contributed by atoms with Gasteiger partial charge in [0.2, 0.25) is 0 Å². The molecule has 0 bridgehead atoms. The van der Waals surface area contributed by atoms with E-state index in [1.54, 1.807) is 18.7 Å². The first-order valence-corrected chi connectivity index (χ1v) is 7.32. The van der Waals surface area contributed by atoms with Gasteiger partial charge in [-0.25, -0.2) is 0 Å². The standard InChI is InChI=1S/C14H22N2OS/c1-4-16(5-2)8-9-18-12-6-7-14(15)13(10-12)11(3)17/h6-7,10H,4-5,8-9,15H2,1-3H3. The topological polar surface area (TPSA) is 46.3 Å². The minimum Gasteiger partial charge on any atom is -0.398 e. The summed E-state index contributed by atoms with van der Waals surface area (Å²) in [6.07, 6.45) is 0. The van der Waals surface area contributed by atoms with Crippen LogP contribution in [0.5, 0.6) is 0 Å². The van der Waals surface area contributed by atoms with Crippen LogP contribution in [0.3, 0.4) is 0 Å². The van der Waals surface area contributed by atoms with Gasteiger partial charge < -0.3 is 10.6 Å². The van der Waals surface area contributed by atoms with Crippen LogP contribution in [0.4, 0.5) is 5.69 Å². The summed E-state index contributed by atoms with van der Waals surface area (Å²) in [6, 6.07) is 5.69. The van der Waals surface area contributed by atoms with Gasteiger partial charge >= 0.3 is 0 Å². The van der Waals surface area contributed by atoms with E-state index < -0.39 is 0 Å². The summed E-state index contributed by atoms with van der Waals surface area (Å²) in [6.45, 7) is 9.12. The summed E-state index contributed by atoms with van der Waals surface area (Å²) in [5.74, 6) is 1.06. The number of nitrogens with zero attached hydrogens (tertiary/aromatic N) is 1.